The van der Waals surface area contributed by atoms with Gasteiger partial charge >= 0.3 is 5.97 Å². The van der Waals surface area contributed by atoms with Gasteiger partial charge in [0.05, 0.1) is 7.11 Å². The molecule has 0 fully saturated rings. The summed E-state index contributed by atoms with van der Waals surface area (Å²) in [5.74, 6) is 0.763. The third kappa shape index (κ3) is 5.38. The number of carbonyl (C=O) groups is 1. The molecule has 0 aliphatic heterocycles. The number of benzene rings is 1. The van der Waals surface area contributed by atoms with Gasteiger partial charge in [0.2, 0.25) is 5.16 Å². The topological polar surface area (TPSA) is 97.3 Å². The second kappa shape index (κ2) is 9.67. The minimum Gasteiger partial charge on any atom is -0.493 e. The number of aryl methyl sites for hydroxylation is 1. The Morgan fingerprint density at radius 3 is 2.88 bits per heavy atom. The molecule has 0 radical (unpaired) electrons. The maximum absolute atomic E-state index is 11.6. The third-order valence-electron chi connectivity index (χ3n) is 3.25. The van der Waals surface area contributed by atoms with Gasteiger partial charge in [0.25, 0.3) is 0 Å². The van der Waals surface area contributed by atoms with E-state index in [2.05, 4.69) is 21.8 Å². The van der Waals surface area contributed by atoms with E-state index in [4.69, 9.17) is 9.47 Å². The molecule has 0 aliphatic carbocycles. The molecule has 0 atom stereocenters. The van der Waals surface area contributed by atoms with Gasteiger partial charge in [-0.2, -0.15) is 0 Å². The van der Waals surface area contributed by atoms with Crippen LogP contribution >= 0.6 is 11.8 Å². The molecular weight excluding hydrogens is 354 g/mol. The first-order valence-corrected chi connectivity index (χ1v) is 8.84. The molecule has 0 bridgehead atoms. The zero-order chi connectivity index (χ0) is 18.9. The van der Waals surface area contributed by atoms with Crippen molar-refractivity contribution < 1.29 is 19.4 Å². The van der Waals surface area contributed by atoms with E-state index in [0.717, 1.165) is 30.4 Å². The van der Waals surface area contributed by atoms with E-state index in [1.54, 1.807) is 30.4 Å². The van der Waals surface area contributed by atoms with Gasteiger partial charge in [-0.3, -0.25) is 5.10 Å². The zero-order valence-corrected chi connectivity index (χ0v) is 15.5. The van der Waals surface area contributed by atoms with Gasteiger partial charge < -0.3 is 14.6 Å². The molecule has 2 N–H and O–H groups in total. The normalized spacial score (nSPS) is 11.2. The van der Waals surface area contributed by atoms with E-state index in [0.29, 0.717) is 28.8 Å². The molecule has 1 aromatic carbocycles. The highest BCUT2D eigenvalue weighted by Gasteiger charge is 2.14. The number of thioether (sulfide) groups is 1. The summed E-state index contributed by atoms with van der Waals surface area (Å²) in [6.45, 7) is 5.99. The summed E-state index contributed by atoms with van der Waals surface area (Å²) in [4.78, 5) is 16.0. The van der Waals surface area contributed by atoms with Crippen LogP contribution < -0.4 is 9.47 Å². The maximum atomic E-state index is 11.6. The molecule has 0 spiro atoms. The molecule has 0 aliphatic rings. The van der Waals surface area contributed by atoms with E-state index in [1.807, 2.05) is 6.92 Å². The number of H-pyrrole nitrogens is 1. The molecule has 8 heteroatoms. The van der Waals surface area contributed by atoms with Crippen LogP contribution in [0.3, 0.4) is 0 Å². The standard InChI is InChI=1S/C18H21N3O4S/c1-4-6-16-19-18(21-20-16)26-15(17(22)23)11-12-7-8-13(25-9-5-2)14(10-12)24-3/h5,7-8,10-11H,2,4,6,9H2,1,3H3,(H,22,23)(H,19,20,21)/b15-11-. The quantitative estimate of drug-likeness (QED) is 0.372. The summed E-state index contributed by atoms with van der Waals surface area (Å²) in [5.41, 5.74) is 0.669. The van der Waals surface area contributed by atoms with Crippen LogP contribution in [0.1, 0.15) is 24.7 Å². The maximum Gasteiger partial charge on any atom is 0.342 e. The number of hydrogen-bond donors (Lipinski definition) is 2. The van der Waals surface area contributed by atoms with Crippen molar-refractivity contribution in [2.75, 3.05) is 13.7 Å². The van der Waals surface area contributed by atoms with Gasteiger partial charge in [-0.05, 0) is 42.0 Å². The lowest BCUT2D eigenvalue weighted by Crippen LogP contribution is -1.98. The zero-order valence-electron chi connectivity index (χ0n) is 14.7. The molecule has 0 saturated heterocycles. The van der Waals surface area contributed by atoms with Gasteiger partial charge in [-0.25, -0.2) is 9.78 Å². The molecule has 1 heterocycles. The first-order valence-electron chi connectivity index (χ1n) is 8.03. The number of nitrogens with one attached hydrogen (secondary N) is 1. The van der Waals surface area contributed by atoms with Crippen molar-refractivity contribution in [3.8, 4) is 11.5 Å². The molecular formula is C18H21N3O4S. The van der Waals surface area contributed by atoms with Crippen LogP contribution in [0.15, 0.2) is 40.9 Å². The molecule has 138 valence electrons. The summed E-state index contributed by atoms with van der Waals surface area (Å²) in [6.07, 6.45) is 4.88. The third-order valence-corrected chi connectivity index (χ3v) is 4.13. The number of aromatic nitrogens is 3. The van der Waals surface area contributed by atoms with Crippen LogP contribution in [-0.2, 0) is 11.2 Å². The van der Waals surface area contributed by atoms with Crippen LogP contribution in [0.5, 0.6) is 11.5 Å². The Bertz CT molecular complexity index is 801. The van der Waals surface area contributed by atoms with Crippen LogP contribution in [0.4, 0.5) is 0 Å². The highest BCUT2D eigenvalue weighted by atomic mass is 32.2. The van der Waals surface area contributed by atoms with Gasteiger partial charge in [-0.15, -0.1) is 5.10 Å². The monoisotopic (exact) mass is 375 g/mol. The molecule has 1 aromatic heterocycles. The van der Waals surface area contributed by atoms with E-state index >= 15 is 0 Å². The fourth-order valence-corrected chi connectivity index (χ4v) is 2.82. The Labute approximate surface area is 156 Å². The van der Waals surface area contributed by atoms with Crippen molar-refractivity contribution in [3.63, 3.8) is 0 Å². The van der Waals surface area contributed by atoms with Crippen LogP contribution in [0.2, 0.25) is 0 Å². The Kier molecular flexibility index (Phi) is 7.28. The minimum absolute atomic E-state index is 0.105. The fraction of sp³-hybridized carbons (Fsp3) is 0.278. The molecule has 2 rings (SSSR count). The number of rotatable bonds is 10. The Hall–Kier alpha value is -2.74. The number of methoxy groups -OCH3 is 1. The highest BCUT2D eigenvalue weighted by molar-refractivity contribution is 8.04. The summed E-state index contributed by atoms with van der Waals surface area (Å²) >= 11 is 0.993. The summed E-state index contributed by atoms with van der Waals surface area (Å²) in [6, 6.07) is 5.19. The van der Waals surface area contributed by atoms with Crippen LogP contribution in [0.25, 0.3) is 6.08 Å². The van der Waals surface area contributed by atoms with Crippen molar-refractivity contribution >= 4 is 23.8 Å². The average molecular weight is 375 g/mol. The predicted octanol–water partition coefficient (Wildman–Crippen LogP) is 3.55. The lowest BCUT2D eigenvalue weighted by atomic mass is 10.2. The van der Waals surface area contributed by atoms with Gasteiger partial charge in [0.1, 0.15) is 17.3 Å². The lowest BCUT2D eigenvalue weighted by Gasteiger charge is -2.10. The molecule has 2 aromatic rings. The Morgan fingerprint density at radius 1 is 1.42 bits per heavy atom. The second-order valence-corrected chi connectivity index (χ2v) is 6.25. The van der Waals surface area contributed by atoms with Crippen molar-refractivity contribution in [2.24, 2.45) is 0 Å². The summed E-state index contributed by atoms with van der Waals surface area (Å²) in [7, 11) is 1.53. The van der Waals surface area contributed by atoms with Gasteiger partial charge in [0.15, 0.2) is 11.5 Å². The van der Waals surface area contributed by atoms with E-state index in [1.165, 1.54) is 7.11 Å². The number of carboxylic acid groups (broad SMARTS) is 1. The van der Waals surface area contributed by atoms with Crippen molar-refractivity contribution in [1.29, 1.82) is 0 Å². The molecule has 0 amide bonds. The SMILES string of the molecule is C=CCOc1ccc(/C=C(\Sc2n[nH]c(CCC)n2)C(=O)O)cc1OC. The summed E-state index contributed by atoms with van der Waals surface area (Å²) in [5, 5.41) is 16.7. The minimum atomic E-state index is -1.05. The number of hydrogen-bond acceptors (Lipinski definition) is 6. The molecule has 0 unspecified atom stereocenters. The van der Waals surface area contributed by atoms with Crippen molar-refractivity contribution in [3.05, 3.63) is 47.1 Å². The van der Waals surface area contributed by atoms with Crippen molar-refractivity contribution in [1.82, 2.24) is 15.2 Å². The second-order valence-electron chi connectivity index (χ2n) is 5.24. The number of aliphatic carboxylic acids is 1. The summed E-state index contributed by atoms with van der Waals surface area (Å²) < 4.78 is 10.8. The lowest BCUT2D eigenvalue weighted by molar-refractivity contribution is -0.131. The molecule has 7 nitrogen and oxygen atoms in total. The number of aromatic amines is 1. The smallest absolute Gasteiger partial charge is 0.342 e. The predicted molar refractivity (Wildman–Crippen MR) is 101 cm³/mol. The molecule has 26 heavy (non-hydrogen) atoms. The van der Waals surface area contributed by atoms with E-state index in [9.17, 15) is 9.90 Å². The number of ether oxygens (including phenoxy) is 2. The first-order chi connectivity index (χ1) is 12.6. The largest absolute Gasteiger partial charge is 0.493 e. The Balaban J connectivity index is 2.23. The van der Waals surface area contributed by atoms with Gasteiger partial charge in [-0.1, -0.05) is 25.6 Å². The van der Waals surface area contributed by atoms with E-state index in [-0.39, 0.29) is 4.91 Å². The fourth-order valence-electron chi connectivity index (χ4n) is 2.10. The van der Waals surface area contributed by atoms with Gasteiger partial charge in [0, 0.05) is 6.42 Å². The van der Waals surface area contributed by atoms with Crippen LogP contribution in [-0.4, -0.2) is 40.0 Å². The number of nitrogens with zero attached hydrogens (tertiary/aromatic N) is 2. The average Bonchev–Trinajstić information content (AvgIpc) is 3.07. The number of carboxylic acids is 1. The van der Waals surface area contributed by atoms with Crippen LogP contribution in [0, 0.1) is 0 Å². The van der Waals surface area contributed by atoms with Crippen molar-refractivity contribution in [2.45, 2.75) is 24.9 Å². The first kappa shape index (κ1) is 19.6. The molecule has 0 saturated carbocycles. The highest BCUT2D eigenvalue weighted by Crippen LogP contribution is 2.31. The van der Waals surface area contributed by atoms with E-state index < -0.39 is 5.97 Å². The Morgan fingerprint density at radius 2 is 2.23 bits per heavy atom.